The van der Waals surface area contributed by atoms with Gasteiger partial charge in [0.05, 0.1) is 81.2 Å². The highest BCUT2D eigenvalue weighted by Gasteiger charge is 2.24. The lowest BCUT2D eigenvalue weighted by Gasteiger charge is -2.11. The lowest BCUT2D eigenvalue weighted by Crippen LogP contribution is -2.01. The molecule has 0 fully saturated rings. The Labute approximate surface area is 568 Å². The maximum atomic E-state index is 5.59. The molecule has 1 aliphatic heterocycles. The molecule has 452 valence electrons. The highest BCUT2D eigenvalue weighted by atomic mass is 127. The lowest BCUT2D eigenvalue weighted by molar-refractivity contribution is 1.17. The minimum atomic E-state index is 0.577. The van der Waals surface area contributed by atoms with Crippen LogP contribution in [0.5, 0.6) is 0 Å². The van der Waals surface area contributed by atoms with Crippen LogP contribution in [0.1, 0.15) is 11.1 Å². The summed E-state index contributed by atoms with van der Waals surface area (Å²) in [5, 5.41) is 12.6. The van der Waals surface area contributed by atoms with Gasteiger partial charge in [-0.3, -0.25) is 14.4 Å². The molecule has 11 heteroatoms. The molecular formula is C85H53ClIN9. The highest BCUT2D eigenvalue weighted by molar-refractivity contribution is 14.1. The molecular weight excluding hydrogens is 1310 g/mol. The molecule has 0 amide bonds. The Balaban J connectivity index is 0.000000122. The van der Waals surface area contributed by atoms with Crippen molar-refractivity contribution in [2.75, 3.05) is 0 Å². The first kappa shape index (κ1) is 55.9. The normalized spacial score (nSPS) is 12.3. The second-order valence-corrected chi connectivity index (χ2v) is 25.9. The van der Waals surface area contributed by atoms with Gasteiger partial charge in [0.15, 0.2) is 0 Å². The van der Waals surface area contributed by atoms with E-state index in [2.05, 4.69) is 329 Å². The van der Waals surface area contributed by atoms with Crippen LogP contribution in [0, 0.1) is 3.57 Å². The van der Waals surface area contributed by atoms with Gasteiger partial charge in [0, 0.05) is 95.4 Å². The monoisotopic (exact) mass is 1360 g/mol. The van der Waals surface area contributed by atoms with E-state index in [1.54, 1.807) is 6.20 Å². The fourth-order valence-electron chi connectivity index (χ4n) is 14.9. The second kappa shape index (κ2) is 22.5. The Hall–Kier alpha value is -11.7. The molecule has 0 saturated carbocycles. The second-order valence-electron chi connectivity index (χ2n) is 24.4. The molecule has 0 radical (unpaired) electrons. The zero-order valence-corrected chi connectivity index (χ0v) is 54.3. The fraction of sp³-hybridized carbons (Fsp3) is 0.0118. The number of aromatic nitrogens is 8. The van der Waals surface area contributed by atoms with Crippen molar-refractivity contribution in [2.24, 2.45) is 4.99 Å². The molecule has 0 bridgehead atoms. The lowest BCUT2D eigenvalue weighted by atomic mass is 10.0. The summed E-state index contributed by atoms with van der Waals surface area (Å²) in [6.07, 6.45) is 4.43. The molecule has 0 saturated heterocycles. The summed E-state index contributed by atoms with van der Waals surface area (Å²) in [6.45, 7) is 0. The zero-order chi connectivity index (χ0) is 63.5. The SMILES string of the molecule is Clc1ncccc1I.c1ccc(-n2c3ccccc3c3cc4c(cc32)c2cc3c(cc2n4-c2ccccc2)c2nc4ccccc4n2c2cccnc32)cc1.c1ccc(-n2c3ccccc3c3cc4c(cc32)c2ccc(C3=Nc5ccccc5C3)cc2n4-c2ccccc2)cc1. The van der Waals surface area contributed by atoms with Gasteiger partial charge in [-0.25, -0.2) is 9.97 Å². The molecule has 0 N–H and O–H groups in total. The van der Waals surface area contributed by atoms with Crippen molar-refractivity contribution in [1.29, 1.82) is 0 Å². The molecule has 0 atom stereocenters. The van der Waals surface area contributed by atoms with E-state index in [9.17, 15) is 0 Å². The number of nitrogens with zero attached hydrogens (tertiary/aromatic N) is 9. The Kier molecular flexibility index (Phi) is 13.1. The number of hydrogen-bond acceptors (Lipinski definition) is 4. The summed E-state index contributed by atoms with van der Waals surface area (Å²) in [5.74, 6) is 0. The van der Waals surface area contributed by atoms with E-state index in [-0.39, 0.29) is 0 Å². The minimum absolute atomic E-state index is 0.577. The summed E-state index contributed by atoms with van der Waals surface area (Å²) in [6, 6.07) is 106. The van der Waals surface area contributed by atoms with Gasteiger partial charge in [0.2, 0.25) is 0 Å². The number of hydrogen-bond donors (Lipinski definition) is 0. The van der Waals surface area contributed by atoms with Gasteiger partial charge >= 0.3 is 0 Å². The van der Waals surface area contributed by atoms with Crippen LogP contribution in [0.15, 0.2) is 315 Å². The van der Waals surface area contributed by atoms with E-state index in [0.717, 1.165) is 82.5 Å². The summed E-state index contributed by atoms with van der Waals surface area (Å²) in [4.78, 5) is 19.0. The first-order valence-electron chi connectivity index (χ1n) is 32.1. The summed E-state index contributed by atoms with van der Waals surface area (Å²) in [5.41, 5.74) is 23.9. The molecule has 1 aliphatic rings. The number of benzene rings is 12. The van der Waals surface area contributed by atoms with Gasteiger partial charge in [-0.05, 0) is 179 Å². The number of aliphatic imine (C=N–C) groups is 1. The molecule has 0 aliphatic carbocycles. The third-order valence-corrected chi connectivity index (χ3v) is 20.5. The molecule has 21 rings (SSSR count). The van der Waals surface area contributed by atoms with Crippen molar-refractivity contribution >= 4 is 171 Å². The van der Waals surface area contributed by atoms with Crippen molar-refractivity contribution in [2.45, 2.75) is 6.42 Å². The first-order valence-corrected chi connectivity index (χ1v) is 33.6. The number of rotatable bonds is 5. The molecule has 0 unspecified atom stereocenters. The van der Waals surface area contributed by atoms with E-state index in [0.29, 0.717) is 5.15 Å². The molecule has 20 aromatic rings. The van der Waals surface area contributed by atoms with E-state index < -0.39 is 0 Å². The highest BCUT2D eigenvalue weighted by Crippen LogP contribution is 2.45. The van der Waals surface area contributed by atoms with Crippen LogP contribution >= 0.6 is 34.2 Å². The van der Waals surface area contributed by atoms with Crippen LogP contribution in [0.2, 0.25) is 5.15 Å². The zero-order valence-electron chi connectivity index (χ0n) is 51.4. The fourth-order valence-corrected chi connectivity index (χ4v) is 15.4. The van der Waals surface area contributed by atoms with Crippen LogP contribution in [-0.4, -0.2) is 43.3 Å². The largest absolute Gasteiger partial charge is 0.309 e. The number of para-hydroxylation sites is 9. The van der Waals surface area contributed by atoms with E-state index >= 15 is 0 Å². The van der Waals surface area contributed by atoms with E-state index in [1.807, 2.05) is 24.4 Å². The van der Waals surface area contributed by atoms with Gasteiger partial charge in [-0.2, -0.15) is 0 Å². The van der Waals surface area contributed by atoms with Crippen LogP contribution in [0.3, 0.4) is 0 Å². The molecule has 0 spiro atoms. The Bertz CT molecular complexity index is 6540. The van der Waals surface area contributed by atoms with Crippen LogP contribution in [0.4, 0.5) is 5.69 Å². The summed E-state index contributed by atoms with van der Waals surface area (Å²) < 4.78 is 12.9. The van der Waals surface area contributed by atoms with Gasteiger partial charge in [-0.1, -0.05) is 163 Å². The van der Waals surface area contributed by atoms with Crippen molar-refractivity contribution in [3.05, 3.63) is 329 Å². The quantitative estimate of drug-likeness (QED) is 0.0979. The van der Waals surface area contributed by atoms with E-state index in [4.69, 9.17) is 26.6 Å². The minimum Gasteiger partial charge on any atom is -0.309 e. The standard InChI is InChI=1S/C42H25N5.C38H25N3.C5H3ClIN/c1-3-12-26(13-4-1)45-35-18-9-7-16-28(35)30-23-39-31(24-38(30)45)29-22-32-33(25-40(29)46(39)27-14-5-2-6-15-27)42-44-34-17-8-10-19-36(34)47(42)37-20-11-21-43-41(32)37;1-3-12-27(13-4-1)40-35-18-10-8-16-29(35)31-23-38-32(24-37(31)40)30-20-19-26(34-21-25-11-7-9-17-33(25)39-34)22-36(30)41(38)28-14-5-2-6-15-28;6-5-4(7)2-1-3-8-5/h1-25H;1-20,22-24H,21H2;1-3H. The molecule has 9 nitrogen and oxygen atoms in total. The van der Waals surface area contributed by atoms with Crippen molar-refractivity contribution in [1.82, 2.24) is 37.6 Å². The van der Waals surface area contributed by atoms with Gasteiger partial charge in [0.1, 0.15) is 10.8 Å². The third-order valence-electron chi connectivity index (χ3n) is 19.1. The average molecular weight is 1360 g/mol. The Morgan fingerprint density at radius 3 is 1.29 bits per heavy atom. The molecule has 96 heavy (non-hydrogen) atoms. The third kappa shape index (κ3) is 8.89. The number of fused-ring (bicyclic) bond motifs is 21. The predicted molar refractivity (Wildman–Crippen MR) is 408 cm³/mol. The summed E-state index contributed by atoms with van der Waals surface area (Å²) in [7, 11) is 0. The van der Waals surface area contributed by atoms with Crippen molar-refractivity contribution in [3.63, 3.8) is 0 Å². The Morgan fingerprint density at radius 2 is 0.750 bits per heavy atom. The number of pyridine rings is 3. The molecule has 8 aromatic heterocycles. The molecule has 12 aromatic carbocycles. The van der Waals surface area contributed by atoms with Gasteiger partial charge < -0.3 is 18.3 Å². The van der Waals surface area contributed by atoms with Crippen molar-refractivity contribution in [3.8, 4) is 22.7 Å². The maximum Gasteiger partial charge on any atom is 0.146 e. The van der Waals surface area contributed by atoms with Gasteiger partial charge in [-0.15, -0.1) is 0 Å². The van der Waals surface area contributed by atoms with E-state index in [1.165, 1.54) is 98.5 Å². The smallest absolute Gasteiger partial charge is 0.146 e. The molecule has 9 heterocycles. The predicted octanol–water partition coefficient (Wildman–Crippen LogP) is 22.3. The number of imidazole rings is 1. The van der Waals surface area contributed by atoms with Gasteiger partial charge in [0.25, 0.3) is 0 Å². The Morgan fingerprint density at radius 1 is 0.323 bits per heavy atom. The number of halogens is 2. The van der Waals surface area contributed by atoms with Crippen molar-refractivity contribution < 1.29 is 0 Å². The average Bonchev–Trinajstić information content (AvgIpc) is 1.53. The summed E-state index contributed by atoms with van der Waals surface area (Å²) >= 11 is 7.72. The van der Waals surface area contributed by atoms with Crippen LogP contribution in [-0.2, 0) is 6.42 Å². The topological polar surface area (TPSA) is 75.2 Å². The van der Waals surface area contributed by atoms with Crippen LogP contribution < -0.4 is 0 Å². The maximum absolute atomic E-state index is 5.59. The first-order chi connectivity index (χ1) is 47.5. The van der Waals surface area contributed by atoms with Crippen LogP contribution in [0.25, 0.3) is 148 Å².